The van der Waals surface area contributed by atoms with Gasteiger partial charge in [-0.2, -0.15) is 9.11 Å². The molecule has 0 unspecified atom stereocenters. The van der Waals surface area contributed by atoms with E-state index in [0.717, 1.165) is 6.07 Å². The van der Waals surface area contributed by atoms with Gasteiger partial charge in [-0.25, -0.2) is 8.42 Å². The van der Waals surface area contributed by atoms with Crippen molar-refractivity contribution in [2.45, 2.75) is 31.2 Å². The van der Waals surface area contributed by atoms with Crippen LogP contribution < -0.4 is 10.5 Å². The summed E-state index contributed by atoms with van der Waals surface area (Å²) in [5.41, 5.74) is 2.45. The third-order valence-electron chi connectivity index (χ3n) is 2.74. The molecule has 0 aromatic heterocycles. The molecule has 0 aliphatic rings. The number of halogens is 1. The van der Waals surface area contributed by atoms with Crippen LogP contribution in [0.3, 0.4) is 0 Å². The quantitative estimate of drug-likeness (QED) is 0.605. The number of hydrogen-bond acceptors (Lipinski definition) is 5. The Morgan fingerprint density at radius 1 is 1.43 bits per heavy atom. The predicted octanol–water partition coefficient (Wildman–Crippen LogP) is 0.585. The summed E-state index contributed by atoms with van der Waals surface area (Å²) in [6.07, 6.45) is 0. The number of nitro benzene ring substituents is 1. The van der Waals surface area contributed by atoms with Crippen LogP contribution in [0.4, 0.5) is 10.1 Å². The van der Waals surface area contributed by atoms with Crippen molar-refractivity contribution >= 4 is 21.6 Å². The second-order valence-corrected chi connectivity index (χ2v) is 6.57. The summed E-state index contributed by atoms with van der Waals surface area (Å²) in [6.45, 7) is 3.75. The van der Waals surface area contributed by atoms with Crippen molar-refractivity contribution in [3.05, 3.63) is 33.6 Å². The monoisotopic (exact) mass is 319 g/mol. The number of nitrogens with two attached hydrogens (primary N) is 1. The standard InChI is InChI=1S/C11H14FN3O5S/c1-6-4-7(12)8(15(17)18)5-9(6)21(19,20)14-11(2,3)10(13)16/h4-5,14H,1-3H3,(H2,13,16). The Hall–Kier alpha value is -2.07. The Bertz CT molecular complexity index is 715. The Kier molecular flexibility index (Phi) is 4.34. The van der Waals surface area contributed by atoms with Gasteiger partial charge in [-0.05, 0) is 32.4 Å². The molecule has 0 fully saturated rings. The van der Waals surface area contributed by atoms with Gasteiger partial charge < -0.3 is 5.73 Å². The molecule has 0 saturated heterocycles. The van der Waals surface area contributed by atoms with Gasteiger partial charge in [0.25, 0.3) is 0 Å². The minimum atomic E-state index is -4.29. The lowest BCUT2D eigenvalue weighted by Crippen LogP contribution is -2.52. The van der Waals surface area contributed by atoms with Gasteiger partial charge in [-0.15, -0.1) is 0 Å². The molecule has 1 amide bonds. The van der Waals surface area contributed by atoms with E-state index >= 15 is 0 Å². The van der Waals surface area contributed by atoms with Crippen LogP contribution in [-0.2, 0) is 14.8 Å². The molecule has 0 saturated carbocycles. The van der Waals surface area contributed by atoms with Crippen LogP contribution >= 0.6 is 0 Å². The highest BCUT2D eigenvalue weighted by atomic mass is 32.2. The zero-order chi connectivity index (χ0) is 16.6. The van der Waals surface area contributed by atoms with Crippen LogP contribution in [0.15, 0.2) is 17.0 Å². The topological polar surface area (TPSA) is 132 Å². The van der Waals surface area contributed by atoms with E-state index in [4.69, 9.17) is 5.73 Å². The highest BCUT2D eigenvalue weighted by Crippen LogP contribution is 2.26. The first-order valence-electron chi connectivity index (χ1n) is 5.67. The molecule has 0 atom stereocenters. The highest BCUT2D eigenvalue weighted by molar-refractivity contribution is 7.89. The smallest absolute Gasteiger partial charge is 0.306 e. The number of carbonyl (C=O) groups is 1. The molecule has 1 aromatic carbocycles. The molecular weight excluding hydrogens is 305 g/mol. The Labute approximate surface area is 120 Å². The summed E-state index contributed by atoms with van der Waals surface area (Å²) in [5, 5.41) is 10.7. The number of sulfonamides is 1. The van der Waals surface area contributed by atoms with Crippen LogP contribution in [0.1, 0.15) is 19.4 Å². The van der Waals surface area contributed by atoms with Crippen molar-refractivity contribution in [1.29, 1.82) is 0 Å². The molecule has 1 aromatic rings. The minimum absolute atomic E-state index is 0.0362. The zero-order valence-electron chi connectivity index (χ0n) is 11.5. The maximum Gasteiger partial charge on any atom is 0.306 e. The van der Waals surface area contributed by atoms with Gasteiger partial charge in [0.2, 0.25) is 21.7 Å². The first-order chi connectivity index (χ1) is 9.38. The highest BCUT2D eigenvalue weighted by Gasteiger charge is 2.33. The van der Waals surface area contributed by atoms with Gasteiger partial charge in [0.15, 0.2) is 0 Å². The number of nitro groups is 1. The van der Waals surface area contributed by atoms with E-state index in [0.29, 0.717) is 6.07 Å². The summed E-state index contributed by atoms with van der Waals surface area (Å²) in [4.78, 5) is 20.3. The second-order valence-electron chi connectivity index (χ2n) is 4.92. The van der Waals surface area contributed by atoms with Crippen LogP contribution in [0.25, 0.3) is 0 Å². The summed E-state index contributed by atoms with van der Waals surface area (Å²) in [6, 6.07) is 1.34. The van der Waals surface area contributed by atoms with E-state index in [1.54, 1.807) is 0 Å². The van der Waals surface area contributed by atoms with Gasteiger partial charge in [0.1, 0.15) is 5.54 Å². The fraction of sp³-hybridized carbons (Fsp3) is 0.364. The first kappa shape index (κ1) is 17.0. The summed E-state index contributed by atoms with van der Waals surface area (Å²) in [5.74, 6) is -2.08. The van der Waals surface area contributed by atoms with Crippen molar-refractivity contribution in [2.24, 2.45) is 5.73 Å². The van der Waals surface area contributed by atoms with Crippen molar-refractivity contribution in [3.63, 3.8) is 0 Å². The number of nitrogens with one attached hydrogen (secondary N) is 1. The fourth-order valence-corrected chi connectivity index (χ4v) is 3.14. The Morgan fingerprint density at radius 2 is 1.95 bits per heavy atom. The lowest BCUT2D eigenvalue weighted by atomic mass is 10.1. The van der Waals surface area contributed by atoms with E-state index in [1.807, 2.05) is 4.72 Å². The average Bonchev–Trinajstić information content (AvgIpc) is 2.25. The van der Waals surface area contributed by atoms with Gasteiger partial charge in [0, 0.05) is 6.07 Å². The van der Waals surface area contributed by atoms with Crippen molar-refractivity contribution in [2.75, 3.05) is 0 Å². The predicted molar refractivity (Wildman–Crippen MR) is 71.4 cm³/mol. The fourth-order valence-electron chi connectivity index (χ4n) is 1.51. The number of nitrogens with zero attached hydrogens (tertiary/aromatic N) is 1. The maximum atomic E-state index is 13.4. The number of carbonyl (C=O) groups excluding carboxylic acids is 1. The van der Waals surface area contributed by atoms with E-state index in [2.05, 4.69) is 0 Å². The number of benzene rings is 1. The number of primary amides is 1. The molecule has 0 aliphatic carbocycles. The van der Waals surface area contributed by atoms with Crippen LogP contribution in [0.2, 0.25) is 0 Å². The average molecular weight is 319 g/mol. The Morgan fingerprint density at radius 3 is 2.38 bits per heavy atom. The molecule has 10 heteroatoms. The van der Waals surface area contributed by atoms with Gasteiger partial charge in [-0.1, -0.05) is 0 Å². The van der Waals surface area contributed by atoms with E-state index in [9.17, 15) is 27.7 Å². The normalized spacial score (nSPS) is 12.2. The number of rotatable bonds is 5. The second kappa shape index (κ2) is 5.37. The lowest BCUT2D eigenvalue weighted by Gasteiger charge is -2.22. The van der Waals surface area contributed by atoms with E-state index in [-0.39, 0.29) is 5.56 Å². The van der Waals surface area contributed by atoms with Gasteiger partial charge in [-0.3, -0.25) is 14.9 Å². The molecule has 0 aliphatic heterocycles. The number of hydrogen-bond donors (Lipinski definition) is 2. The molecule has 0 heterocycles. The summed E-state index contributed by atoms with van der Waals surface area (Å²) < 4.78 is 39.8. The lowest BCUT2D eigenvalue weighted by molar-refractivity contribution is -0.387. The summed E-state index contributed by atoms with van der Waals surface area (Å²) in [7, 11) is -4.29. The van der Waals surface area contributed by atoms with Crippen LogP contribution in [0.5, 0.6) is 0 Å². The maximum absolute atomic E-state index is 13.4. The van der Waals surface area contributed by atoms with Crippen molar-refractivity contribution in [3.8, 4) is 0 Å². The van der Waals surface area contributed by atoms with Crippen molar-refractivity contribution < 1.29 is 22.5 Å². The van der Waals surface area contributed by atoms with Gasteiger partial charge >= 0.3 is 5.69 Å². The molecule has 21 heavy (non-hydrogen) atoms. The molecule has 0 radical (unpaired) electrons. The molecule has 1 rings (SSSR count). The molecule has 116 valence electrons. The SMILES string of the molecule is Cc1cc(F)c([N+](=O)[O-])cc1S(=O)(=O)NC(C)(C)C(N)=O. The third-order valence-corrected chi connectivity index (χ3v) is 4.53. The summed E-state index contributed by atoms with van der Waals surface area (Å²) >= 11 is 0. The third kappa shape index (κ3) is 3.52. The number of aryl methyl sites for hydroxylation is 1. The number of amides is 1. The van der Waals surface area contributed by atoms with Crippen LogP contribution in [-0.4, -0.2) is 24.8 Å². The van der Waals surface area contributed by atoms with Gasteiger partial charge in [0.05, 0.1) is 9.82 Å². The minimum Gasteiger partial charge on any atom is -0.368 e. The van der Waals surface area contributed by atoms with E-state index < -0.39 is 42.8 Å². The zero-order valence-corrected chi connectivity index (χ0v) is 12.3. The first-order valence-corrected chi connectivity index (χ1v) is 7.15. The van der Waals surface area contributed by atoms with Crippen LogP contribution in [0, 0.1) is 22.9 Å². The van der Waals surface area contributed by atoms with Crippen molar-refractivity contribution in [1.82, 2.24) is 4.72 Å². The molecule has 8 nitrogen and oxygen atoms in total. The molecule has 0 spiro atoms. The molecule has 3 N–H and O–H groups in total. The Balaban J connectivity index is 3.42. The molecule has 0 bridgehead atoms. The largest absolute Gasteiger partial charge is 0.368 e. The van der Waals surface area contributed by atoms with E-state index in [1.165, 1.54) is 20.8 Å². The molecular formula is C11H14FN3O5S.